The molecular weight excluding hydrogens is 685 g/mol. The van der Waals surface area contributed by atoms with Crippen molar-refractivity contribution in [3.8, 4) is 0 Å². The van der Waals surface area contributed by atoms with Gasteiger partial charge in [-0.2, -0.15) is 4.40 Å². The predicted octanol–water partition coefficient (Wildman–Crippen LogP) is -0.890. The first kappa shape index (κ1) is 30.9. The van der Waals surface area contributed by atoms with Crippen molar-refractivity contribution in [1.29, 1.82) is 0 Å². The Labute approximate surface area is 260 Å². The lowest BCUT2D eigenvalue weighted by Crippen LogP contribution is -3.00. The quantitative estimate of drug-likeness (QED) is 0.0521. The Morgan fingerprint density at radius 3 is 2.59 bits per heavy atom. The first-order valence-electron chi connectivity index (χ1n) is 12.6. The van der Waals surface area contributed by atoms with Gasteiger partial charge < -0.3 is 44.5 Å². The van der Waals surface area contributed by atoms with Crippen molar-refractivity contribution in [2.24, 2.45) is 17.6 Å². The summed E-state index contributed by atoms with van der Waals surface area (Å²) in [4.78, 5) is 51.7. The zero-order valence-electron chi connectivity index (χ0n) is 22.4. The number of fused-ring (bicyclic) bond motifs is 2. The number of aliphatic hydroxyl groups is 1. The molecular formula is C26H28IN5O7S2. The number of aromatic nitrogens is 2. The Kier molecular flexibility index (Phi) is 9.10. The van der Waals surface area contributed by atoms with Crippen LogP contribution in [0.15, 0.2) is 47.5 Å². The van der Waals surface area contributed by atoms with Gasteiger partial charge in [-0.3, -0.25) is 19.7 Å². The van der Waals surface area contributed by atoms with Gasteiger partial charge >= 0.3 is 5.97 Å². The summed E-state index contributed by atoms with van der Waals surface area (Å²) in [6, 6.07) is 5.29. The molecule has 3 N–H and O–H groups in total. The molecule has 2 aliphatic rings. The monoisotopic (exact) mass is 713 g/mol. The van der Waals surface area contributed by atoms with Crippen molar-refractivity contribution in [2.75, 3.05) is 5.75 Å². The Morgan fingerprint density at radius 1 is 1.32 bits per heavy atom. The molecule has 0 radical (unpaired) electrons. The van der Waals surface area contributed by atoms with Gasteiger partial charge in [0.15, 0.2) is 6.54 Å². The van der Waals surface area contributed by atoms with E-state index in [0.717, 1.165) is 20.5 Å². The number of non-ortho nitro benzene ring substituents is 1. The minimum Gasteiger partial charge on any atom is -1.00 e. The summed E-state index contributed by atoms with van der Waals surface area (Å²) in [5.74, 6) is -1.62. The number of amides is 2. The number of hydrogen-bond acceptors (Lipinski definition) is 9. The molecule has 1 saturated heterocycles. The number of nitro benzene ring substituents is 1. The van der Waals surface area contributed by atoms with E-state index in [1.807, 2.05) is 24.4 Å². The van der Waals surface area contributed by atoms with Crippen molar-refractivity contribution in [2.45, 2.75) is 51.1 Å². The average Bonchev–Trinajstić information content (AvgIpc) is 3.50. The number of imidazole rings is 1. The van der Waals surface area contributed by atoms with Crippen LogP contribution in [0.1, 0.15) is 31.2 Å². The third-order valence-electron chi connectivity index (χ3n) is 7.16. The maximum atomic E-state index is 13.5. The van der Waals surface area contributed by atoms with Crippen LogP contribution in [0.5, 0.6) is 0 Å². The number of carbonyl (C=O) groups excluding carboxylic acids is 3. The Morgan fingerprint density at radius 2 is 2.00 bits per heavy atom. The summed E-state index contributed by atoms with van der Waals surface area (Å²) in [6.07, 6.45) is 2.76. The van der Waals surface area contributed by atoms with Crippen LogP contribution in [0.25, 0.3) is 10.4 Å². The number of aliphatic hydroxyl groups excluding tert-OH is 1. The summed E-state index contributed by atoms with van der Waals surface area (Å²) in [6.45, 7) is 5.40. The van der Waals surface area contributed by atoms with Crippen LogP contribution in [-0.4, -0.2) is 55.0 Å². The lowest BCUT2D eigenvalue weighted by Gasteiger charge is -2.46. The average molecular weight is 714 g/mol. The molecule has 12 nitrogen and oxygen atoms in total. The summed E-state index contributed by atoms with van der Waals surface area (Å²) < 4.78 is 9.27. The molecule has 0 saturated carbocycles. The van der Waals surface area contributed by atoms with Gasteiger partial charge in [0.25, 0.3) is 17.9 Å². The van der Waals surface area contributed by atoms with E-state index < -0.39 is 34.9 Å². The second-order valence-electron chi connectivity index (χ2n) is 9.77. The number of thiazole rings is 1. The number of benzene rings is 1. The molecule has 1 fully saturated rings. The van der Waals surface area contributed by atoms with Crippen LogP contribution in [0.3, 0.4) is 0 Å². The third kappa shape index (κ3) is 5.47. The number of rotatable bonds is 10. The molecule has 0 aliphatic carbocycles. The van der Waals surface area contributed by atoms with E-state index in [9.17, 15) is 29.6 Å². The molecule has 2 aromatic heterocycles. The van der Waals surface area contributed by atoms with Crippen molar-refractivity contribution in [3.05, 3.63) is 63.0 Å². The van der Waals surface area contributed by atoms with E-state index in [1.165, 1.54) is 40.5 Å². The van der Waals surface area contributed by atoms with E-state index in [4.69, 9.17) is 10.5 Å². The Hall–Kier alpha value is -3.02. The van der Waals surface area contributed by atoms with Crippen LogP contribution < -0.4 is 34.3 Å². The minimum absolute atomic E-state index is 0. The van der Waals surface area contributed by atoms with Gasteiger partial charge in [0.1, 0.15) is 18.5 Å². The molecule has 2 amide bonds. The number of hydrogen-bond donors (Lipinski definition) is 2. The highest BCUT2D eigenvalue weighted by Gasteiger charge is 2.60. The first-order valence-corrected chi connectivity index (χ1v) is 14.4. The standard InChI is InChI=1S/C26H27N5O7S2.HI/c1-4-39-24-25-28(12-29(24)10-18(27)33)9-17(40-25)19-13(2)21-20(14(3)32)23(34)30(21)22(19)26(35)38-11-15-5-7-16(8-6-15)31(36)37;/h5-9,12-14,20-21,32H,4,10-11H2,1-3H3,(H-,27,33);1H/t13-,14+,20+,21+;/m0./s1. The number of nitro groups is 1. The van der Waals surface area contributed by atoms with Crippen molar-refractivity contribution in [1.82, 2.24) is 9.30 Å². The Bertz CT molecular complexity index is 1570. The fraction of sp³-hybridized carbons (Fsp3) is 0.385. The maximum Gasteiger partial charge on any atom is 0.355 e. The fourth-order valence-electron chi connectivity index (χ4n) is 5.43. The molecule has 41 heavy (non-hydrogen) atoms. The maximum absolute atomic E-state index is 13.5. The van der Waals surface area contributed by atoms with Gasteiger partial charge in [0, 0.05) is 23.6 Å². The summed E-state index contributed by atoms with van der Waals surface area (Å²) >= 11 is 3.00. The number of carbonyl (C=O) groups is 3. The highest BCUT2D eigenvalue weighted by Crippen LogP contribution is 2.52. The van der Waals surface area contributed by atoms with Gasteiger partial charge in [0.05, 0.1) is 27.9 Å². The third-order valence-corrected chi connectivity index (χ3v) is 9.42. The summed E-state index contributed by atoms with van der Waals surface area (Å²) in [5, 5.41) is 22.1. The SMILES string of the molecule is CCSc1c2sc(C3=C(C(=O)OCc4ccc([N+](=O)[O-])cc4)N4C(=O)[C@H]([C@@H](C)O)[C@H]4[C@H]3C)cn2c[n+]1CC(N)=O.[I-]. The molecule has 0 bridgehead atoms. The molecule has 5 rings (SSSR count). The molecule has 3 aromatic rings. The number of β-lactam (4-membered cyclic amide) rings is 1. The second kappa shape index (κ2) is 12.1. The number of primary amides is 1. The lowest BCUT2D eigenvalue weighted by molar-refractivity contribution is -0.717. The van der Waals surface area contributed by atoms with Crippen LogP contribution in [-0.2, 0) is 32.3 Å². The first-order chi connectivity index (χ1) is 19.0. The van der Waals surface area contributed by atoms with Gasteiger partial charge in [-0.05, 0) is 30.4 Å². The molecule has 2 aliphatic heterocycles. The van der Waals surface area contributed by atoms with Crippen molar-refractivity contribution in [3.63, 3.8) is 0 Å². The topological polar surface area (TPSA) is 161 Å². The van der Waals surface area contributed by atoms with Crippen LogP contribution in [0.4, 0.5) is 5.69 Å². The molecule has 4 atom stereocenters. The Balaban J connectivity index is 0.00000387. The number of ether oxygens (including phenoxy) is 1. The molecule has 1 aromatic carbocycles. The smallest absolute Gasteiger partial charge is 0.355 e. The molecule has 15 heteroatoms. The normalized spacial score (nSPS) is 20.4. The summed E-state index contributed by atoms with van der Waals surface area (Å²) in [7, 11) is 0. The molecule has 0 spiro atoms. The highest BCUT2D eigenvalue weighted by atomic mass is 127. The van der Waals surface area contributed by atoms with Gasteiger partial charge in [-0.1, -0.05) is 36.9 Å². The predicted molar refractivity (Wildman–Crippen MR) is 146 cm³/mol. The van der Waals surface area contributed by atoms with Crippen LogP contribution in [0.2, 0.25) is 0 Å². The zero-order chi connectivity index (χ0) is 28.9. The highest BCUT2D eigenvalue weighted by molar-refractivity contribution is 7.99. The van der Waals surface area contributed by atoms with Crippen molar-refractivity contribution >= 4 is 57.0 Å². The van der Waals surface area contributed by atoms with E-state index in [1.54, 1.807) is 29.6 Å². The van der Waals surface area contributed by atoms with Crippen LogP contribution >= 0.6 is 23.1 Å². The number of nitrogens with two attached hydrogens (primary N) is 1. The molecule has 4 heterocycles. The van der Waals surface area contributed by atoms with Gasteiger partial charge in [0.2, 0.25) is 15.8 Å². The summed E-state index contributed by atoms with van der Waals surface area (Å²) in [5.41, 5.74) is 6.71. The number of nitrogens with zero attached hydrogens (tertiary/aromatic N) is 4. The number of esters is 1. The minimum atomic E-state index is -0.882. The van der Waals surface area contributed by atoms with Crippen molar-refractivity contribution < 1.29 is 57.7 Å². The van der Waals surface area contributed by atoms with Gasteiger partial charge in [-0.15, -0.1) is 0 Å². The van der Waals surface area contributed by atoms with Gasteiger partial charge in [-0.25, -0.2) is 9.36 Å². The van der Waals surface area contributed by atoms with Crippen LogP contribution in [0, 0.1) is 22.0 Å². The largest absolute Gasteiger partial charge is 1.00 e. The molecule has 0 unspecified atom stereocenters. The number of halogens is 1. The zero-order valence-corrected chi connectivity index (χ0v) is 26.1. The number of thioether (sulfide) groups is 1. The van der Waals surface area contributed by atoms with E-state index in [0.29, 0.717) is 11.1 Å². The molecule has 218 valence electrons. The fourth-order valence-corrected chi connectivity index (χ4v) is 7.69. The lowest BCUT2D eigenvalue weighted by atomic mass is 9.77. The van der Waals surface area contributed by atoms with E-state index in [-0.39, 0.29) is 60.3 Å². The van der Waals surface area contributed by atoms with E-state index in [2.05, 4.69) is 0 Å². The second-order valence-corrected chi connectivity index (χ2v) is 12.1. The van der Waals surface area contributed by atoms with E-state index >= 15 is 0 Å².